The average Bonchev–Trinajstić information content (AvgIpc) is 0.811. The van der Waals surface area contributed by atoms with Gasteiger partial charge in [-0.15, -0.1) is 0 Å². The number of hydrogen-bond donors (Lipinski definition) is 1. The van der Waals surface area contributed by atoms with Crippen molar-refractivity contribution in [3.63, 3.8) is 0 Å². The first-order valence-corrected chi connectivity index (χ1v) is 1.43. The Bertz CT molecular complexity index is 11.6. The maximum atomic E-state index is 8.52. The summed E-state index contributed by atoms with van der Waals surface area (Å²) in [6.07, 6.45) is 0. The van der Waals surface area contributed by atoms with Gasteiger partial charge in [-0.2, -0.15) is 0 Å². The standard InChI is InChI=1S/ClHO3.Pd/c2-1(3)4;/h2H;. The topological polar surface area (TPSA) is 66.3 Å². The number of rotatable bonds is 0. The van der Waals surface area contributed by atoms with Gasteiger partial charge in [-0.05, 0) is 0 Å². The van der Waals surface area contributed by atoms with Gasteiger partial charge in [0, 0.05) is 25.1 Å². The summed E-state index contributed by atoms with van der Waals surface area (Å²) in [6.45, 7) is 0. The Hall–Kier alpha value is 0.832. The second kappa shape index (κ2) is 4.83. The Balaban J connectivity index is 0. The predicted molar refractivity (Wildman–Crippen MR) is 2.22 cm³/mol. The Kier molecular flexibility index (Phi) is 8.96. The van der Waals surface area contributed by atoms with Crippen molar-refractivity contribution in [1.82, 2.24) is 0 Å². The van der Waals surface area contributed by atoms with Crippen molar-refractivity contribution in [2.24, 2.45) is 0 Å². The fraction of sp³-hybridized carbons (Fsp3) is 0. The van der Waals surface area contributed by atoms with Gasteiger partial charge in [0.2, 0.25) is 0 Å². The first kappa shape index (κ1) is 9.27. The molecule has 0 rings (SSSR count). The fourth-order valence-electron chi connectivity index (χ4n) is 0. The van der Waals surface area contributed by atoms with Gasteiger partial charge in [0.1, 0.15) is 0 Å². The van der Waals surface area contributed by atoms with Crippen molar-refractivity contribution in [1.29, 1.82) is 0 Å². The molecule has 1 N–H and O–H groups in total. The van der Waals surface area contributed by atoms with E-state index in [2.05, 4.69) is 0 Å². The van der Waals surface area contributed by atoms with Gasteiger partial charge in [0.25, 0.3) is 10.8 Å². The van der Waals surface area contributed by atoms with Crippen LogP contribution in [0.25, 0.3) is 0 Å². The zero-order chi connectivity index (χ0) is 3.58. The molecule has 0 aromatic carbocycles. The third kappa shape index (κ3) is 56.0. The van der Waals surface area contributed by atoms with Crippen LogP contribution in [0.1, 0.15) is 0 Å². The molecule has 0 radical (unpaired) electrons. The first-order valence-electron chi connectivity index (χ1n) is 0.478. The van der Waals surface area contributed by atoms with Gasteiger partial charge in [-0.25, -0.2) is 0 Å². The van der Waals surface area contributed by atoms with E-state index in [1.165, 1.54) is 0 Å². The first-order chi connectivity index (χ1) is 1.73. The molecule has 0 aliphatic rings. The van der Waals surface area contributed by atoms with Gasteiger partial charge in [-0.3, -0.25) is 0 Å². The minimum atomic E-state index is -2.60. The SMILES string of the molecule is [O-][Cl+2]([O-])O.[Pd]. The maximum absolute atomic E-state index is 8.52. The monoisotopic (exact) mass is 190 g/mol. The zero-order valence-corrected chi connectivity index (χ0v) is 4.27. The predicted octanol–water partition coefficient (Wildman–Crippen LogP) is -2.94. The molecular formula is HClO3Pd. The Labute approximate surface area is 45.7 Å². The van der Waals surface area contributed by atoms with Crippen LogP contribution in [0.2, 0.25) is 0 Å². The summed E-state index contributed by atoms with van der Waals surface area (Å²) >= 11 is 0. The van der Waals surface area contributed by atoms with Crippen LogP contribution in [-0.4, -0.2) is 4.66 Å². The summed E-state index contributed by atoms with van der Waals surface area (Å²) in [7, 11) is -2.60. The molecule has 0 spiro atoms. The van der Waals surface area contributed by atoms with Crippen molar-refractivity contribution in [2.75, 3.05) is 0 Å². The molecule has 0 amide bonds. The van der Waals surface area contributed by atoms with Gasteiger partial charge in [-0.1, -0.05) is 0 Å². The summed E-state index contributed by atoms with van der Waals surface area (Å²) < 4.78 is 24.0. The van der Waals surface area contributed by atoms with E-state index >= 15 is 0 Å². The quantitative estimate of drug-likeness (QED) is 0.416. The van der Waals surface area contributed by atoms with E-state index in [0.29, 0.717) is 0 Å². The second-order valence-corrected chi connectivity index (χ2v) is 0.603. The van der Waals surface area contributed by atoms with Crippen LogP contribution in [0.3, 0.4) is 0 Å². The molecule has 0 unspecified atom stereocenters. The number of halogens is 1. The molecule has 0 heterocycles. The third-order valence-corrected chi connectivity index (χ3v) is 0. The Morgan fingerprint density at radius 3 is 1.40 bits per heavy atom. The van der Waals surface area contributed by atoms with E-state index in [1.807, 2.05) is 0 Å². The minimum Gasteiger partial charge on any atom is -0.321 e. The maximum Gasteiger partial charge on any atom is 0.282 e. The molecule has 0 fully saturated rings. The summed E-state index contributed by atoms with van der Waals surface area (Å²) in [6, 6.07) is 0. The van der Waals surface area contributed by atoms with Crippen LogP contribution in [0, 0.1) is 10.8 Å². The molecule has 0 aromatic rings. The second-order valence-electron chi connectivity index (χ2n) is 0.201. The molecule has 0 aliphatic carbocycles. The van der Waals surface area contributed by atoms with Crippen LogP contribution in [-0.2, 0) is 20.4 Å². The molecule has 5 heteroatoms. The molecule has 0 saturated carbocycles. The van der Waals surface area contributed by atoms with Crippen LogP contribution in [0.5, 0.6) is 0 Å². The van der Waals surface area contributed by atoms with E-state index < -0.39 is 10.8 Å². The zero-order valence-electron chi connectivity index (χ0n) is 1.96. The van der Waals surface area contributed by atoms with Crippen LogP contribution >= 0.6 is 0 Å². The normalized spacial score (nSPS) is 7.20. The smallest absolute Gasteiger partial charge is 0.282 e. The van der Waals surface area contributed by atoms with Crippen molar-refractivity contribution in [2.45, 2.75) is 0 Å². The summed E-state index contributed by atoms with van der Waals surface area (Å²) in [5, 5.41) is 0. The van der Waals surface area contributed by atoms with E-state index in [-0.39, 0.29) is 20.4 Å². The minimum absolute atomic E-state index is 0. The van der Waals surface area contributed by atoms with Crippen LogP contribution < -0.4 is 9.32 Å². The van der Waals surface area contributed by atoms with Crippen LogP contribution in [0.15, 0.2) is 0 Å². The molecule has 0 bridgehead atoms. The van der Waals surface area contributed by atoms with Gasteiger partial charge < -0.3 is 9.32 Å². The molecule has 5 heavy (non-hydrogen) atoms. The van der Waals surface area contributed by atoms with Crippen molar-refractivity contribution in [3.8, 4) is 0 Å². The molecular weight excluding hydrogens is 190 g/mol. The molecule has 0 atom stereocenters. The van der Waals surface area contributed by atoms with Crippen LogP contribution in [0.4, 0.5) is 0 Å². The van der Waals surface area contributed by atoms with Crippen molar-refractivity contribution >= 4 is 0 Å². The van der Waals surface area contributed by atoms with Gasteiger partial charge in [0.05, 0.1) is 0 Å². The average molecular weight is 191 g/mol. The number of hydrogen-bond acceptors (Lipinski definition) is 3. The van der Waals surface area contributed by atoms with E-state index in [4.69, 9.17) is 14.0 Å². The summed E-state index contributed by atoms with van der Waals surface area (Å²) in [4.78, 5) is 0. The van der Waals surface area contributed by atoms with E-state index in [1.54, 1.807) is 0 Å². The van der Waals surface area contributed by atoms with E-state index in [0.717, 1.165) is 0 Å². The molecule has 0 aromatic heterocycles. The molecule has 0 aliphatic heterocycles. The van der Waals surface area contributed by atoms with Gasteiger partial charge in [0.15, 0.2) is 0 Å². The molecule has 3 nitrogen and oxygen atoms in total. The Morgan fingerprint density at radius 2 is 1.40 bits per heavy atom. The van der Waals surface area contributed by atoms with E-state index in [9.17, 15) is 0 Å². The third-order valence-electron chi connectivity index (χ3n) is 0. The van der Waals surface area contributed by atoms with Crippen molar-refractivity contribution in [3.05, 3.63) is 0 Å². The summed E-state index contributed by atoms with van der Waals surface area (Å²) in [5.74, 6) is 0. The largest absolute Gasteiger partial charge is 0.321 e. The fourth-order valence-corrected chi connectivity index (χ4v) is 0. The van der Waals surface area contributed by atoms with Gasteiger partial charge >= 0.3 is 0 Å². The van der Waals surface area contributed by atoms with Crippen molar-refractivity contribution < 1.29 is 45.2 Å². The molecule has 0 saturated heterocycles. The summed E-state index contributed by atoms with van der Waals surface area (Å²) in [5.41, 5.74) is 0. The molecule has 36 valence electrons. The Morgan fingerprint density at radius 1 is 1.40 bits per heavy atom.